The number of amides is 1. The molecule has 5 heteroatoms. The molecule has 2 atom stereocenters. The van der Waals surface area contributed by atoms with E-state index in [0.29, 0.717) is 25.4 Å². The van der Waals surface area contributed by atoms with Gasteiger partial charge in [-0.2, -0.15) is 0 Å². The molecule has 2 N–H and O–H groups in total. The zero-order valence-electron chi connectivity index (χ0n) is 15.6. The summed E-state index contributed by atoms with van der Waals surface area (Å²) < 4.78 is 0. The van der Waals surface area contributed by atoms with Gasteiger partial charge in [0.15, 0.2) is 0 Å². The lowest BCUT2D eigenvalue weighted by Crippen LogP contribution is -2.41. The number of hydrogen-bond donors (Lipinski definition) is 2. The molecule has 1 amide bonds. The predicted molar refractivity (Wildman–Crippen MR) is 101 cm³/mol. The van der Waals surface area contributed by atoms with Gasteiger partial charge < -0.3 is 10.4 Å². The minimum atomic E-state index is -0.773. The number of rotatable bonds is 6. The molecule has 1 heterocycles. The zero-order chi connectivity index (χ0) is 18.6. The second-order valence-corrected chi connectivity index (χ2v) is 8.18. The number of hydrogen-bond acceptors (Lipinski definition) is 3. The summed E-state index contributed by atoms with van der Waals surface area (Å²) in [5.41, 5.74) is 0.437. The first-order chi connectivity index (χ1) is 12.5. The number of aliphatic carboxylic acids is 1. The molecule has 0 bridgehead atoms. The number of carboxylic acids is 1. The van der Waals surface area contributed by atoms with E-state index in [2.05, 4.69) is 17.4 Å². The van der Waals surface area contributed by atoms with Crippen molar-refractivity contribution in [3.05, 3.63) is 35.9 Å². The van der Waals surface area contributed by atoms with Crippen LogP contribution in [0.5, 0.6) is 0 Å². The Morgan fingerprint density at radius 3 is 2.54 bits per heavy atom. The van der Waals surface area contributed by atoms with Crippen molar-refractivity contribution in [3.63, 3.8) is 0 Å². The van der Waals surface area contributed by atoms with Gasteiger partial charge in [-0.3, -0.25) is 14.5 Å². The molecule has 2 fully saturated rings. The van der Waals surface area contributed by atoms with E-state index in [0.717, 1.165) is 12.8 Å². The molecule has 1 aliphatic heterocycles. The number of carbonyl (C=O) groups excluding carboxylic acids is 1. The normalized spacial score (nSPS) is 25.7. The van der Waals surface area contributed by atoms with Gasteiger partial charge >= 0.3 is 5.97 Å². The van der Waals surface area contributed by atoms with Gasteiger partial charge in [-0.25, -0.2) is 0 Å². The van der Waals surface area contributed by atoms with Crippen molar-refractivity contribution in [1.29, 1.82) is 0 Å². The largest absolute Gasteiger partial charge is 0.481 e. The summed E-state index contributed by atoms with van der Waals surface area (Å²) in [5, 5.41) is 12.6. The second-order valence-electron chi connectivity index (χ2n) is 8.18. The van der Waals surface area contributed by atoms with Crippen molar-refractivity contribution in [3.8, 4) is 0 Å². The zero-order valence-corrected chi connectivity index (χ0v) is 15.6. The van der Waals surface area contributed by atoms with Crippen LogP contribution in [0, 0.1) is 11.3 Å². The SMILES string of the molecule is CC1(C(=O)O)CCN(CC(=O)NC(c2ccccc2)C2CCCCC2)C1. The van der Waals surface area contributed by atoms with Crippen molar-refractivity contribution in [2.75, 3.05) is 19.6 Å². The molecular formula is C21H30N2O3. The van der Waals surface area contributed by atoms with Crippen LogP contribution in [0.25, 0.3) is 0 Å². The van der Waals surface area contributed by atoms with E-state index in [4.69, 9.17) is 0 Å². The lowest BCUT2D eigenvalue weighted by Gasteiger charge is -2.32. The summed E-state index contributed by atoms with van der Waals surface area (Å²) in [6.45, 7) is 3.14. The Labute approximate surface area is 155 Å². The molecule has 26 heavy (non-hydrogen) atoms. The maximum Gasteiger partial charge on any atom is 0.310 e. The van der Waals surface area contributed by atoms with E-state index < -0.39 is 11.4 Å². The highest BCUT2D eigenvalue weighted by Crippen LogP contribution is 2.34. The highest BCUT2D eigenvalue weighted by atomic mass is 16.4. The van der Waals surface area contributed by atoms with E-state index in [9.17, 15) is 14.7 Å². The summed E-state index contributed by atoms with van der Waals surface area (Å²) in [7, 11) is 0. The molecule has 0 aromatic heterocycles. The topological polar surface area (TPSA) is 69.6 Å². The Hall–Kier alpha value is -1.88. The first-order valence-corrected chi connectivity index (χ1v) is 9.78. The number of nitrogens with zero attached hydrogens (tertiary/aromatic N) is 1. The third-order valence-electron chi connectivity index (χ3n) is 6.03. The van der Waals surface area contributed by atoms with Gasteiger partial charge in [0.25, 0.3) is 0 Å². The minimum Gasteiger partial charge on any atom is -0.481 e. The van der Waals surface area contributed by atoms with Gasteiger partial charge in [-0.15, -0.1) is 0 Å². The standard InChI is InChI=1S/C21H30N2O3/c1-21(20(25)26)12-13-23(15-21)14-18(24)22-19(16-8-4-2-5-9-16)17-10-6-3-7-11-17/h2,4-5,8-9,17,19H,3,6-7,10-15H2,1H3,(H,22,24)(H,25,26). The number of nitrogens with one attached hydrogen (secondary N) is 1. The van der Waals surface area contributed by atoms with Crippen LogP contribution in [0.4, 0.5) is 0 Å². The molecule has 3 rings (SSSR count). The molecule has 1 saturated carbocycles. The van der Waals surface area contributed by atoms with Gasteiger partial charge in [0.2, 0.25) is 5.91 Å². The monoisotopic (exact) mass is 358 g/mol. The number of carbonyl (C=O) groups is 2. The molecule has 0 radical (unpaired) electrons. The van der Waals surface area contributed by atoms with Crippen molar-refractivity contribution < 1.29 is 14.7 Å². The highest BCUT2D eigenvalue weighted by Gasteiger charge is 2.41. The number of benzene rings is 1. The van der Waals surface area contributed by atoms with E-state index >= 15 is 0 Å². The Bertz CT molecular complexity index is 627. The lowest BCUT2D eigenvalue weighted by molar-refractivity contribution is -0.147. The van der Waals surface area contributed by atoms with Gasteiger partial charge in [-0.1, -0.05) is 49.6 Å². The second kappa shape index (κ2) is 8.21. The van der Waals surface area contributed by atoms with Gasteiger partial charge in [-0.05, 0) is 44.2 Å². The quantitative estimate of drug-likeness (QED) is 0.819. The highest BCUT2D eigenvalue weighted by molar-refractivity contribution is 5.79. The van der Waals surface area contributed by atoms with Crippen molar-refractivity contribution >= 4 is 11.9 Å². The minimum absolute atomic E-state index is 0.000865. The fraction of sp³-hybridized carbons (Fsp3) is 0.619. The molecule has 0 spiro atoms. The maximum absolute atomic E-state index is 12.7. The fourth-order valence-electron chi connectivity index (χ4n) is 4.39. The first kappa shape index (κ1) is 18.9. The van der Waals surface area contributed by atoms with Gasteiger partial charge in [0.05, 0.1) is 18.0 Å². The summed E-state index contributed by atoms with van der Waals surface area (Å²) in [4.78, 5) is 26.1. The molecule has 1 aromatic carbocycles. The summed E-state index contributed by atoms with van der Waals surface area (Å²) in [5.74, 6) is -0.290. The molecule has 1 aliphatic carbocycles. The molecular weight excluding hydrogens is 328 g/mol. The van der Waals surface area contributed by atoms with Crippen LogP contribution in [0.2, 0.25) is 0 Å². The molecule has 142 valence electrons. The van der Waals surface area contributed by atoms with Crippen LogP contribution in [0.3, 0.4) is 0 Å². The van der Waals surface area contributed by atoms with Crippen LogP contribution >= 0.6 is 0 Å². The average molecular weight is 358 g/mol. The Balaban J connectivity index is 1.63. The first-order valence-electron chi connectivity index (χ1n) is 9.78. The number of carboxylic acid groups (broad SMARTS) is 1. The molecule has 5 nitrogen and oxygen atoms in total. The summed E-state index contributed by atoms with van der Waals surface area (Å²) in [6.07, 6.45) is 6.65. The van der Waals surface area contributed by atoms with Crippen molar-refractivity contribution in [2.24, 2.45) is 11.3 Å². The van der Waals surface area contributed by atoms with Gasteiger partial charge in [0, 0.05) is 6.54 Å². The third-order valence-corrected chi connectivity index (χ3v) is 6.03. The third kappa shape index (κ3) is 4.44. The van der Waals surface area contributed by atoms with E-state index in [-0.39, 0.29) is 18.5 Å². The average Bonchev–Trinajstić information content (AvgIpc) is 3.03. The smallest absolute Gasteiger partial charge is 0.310 e. The van der Waals surface area contributed by atoms with Crippen molar-refractivity contribution in [2.45, 2.75) is 51.5 Å². The molecule has 1 saturated heterocycles. The van der Waals surface area contributed by atoms with E-state index in [1.54, 1.807) is 6.92 Å². The van der Waals surface area contributed by atoms with Gasteiger partial charge in [0.1, 0.15) is 0 Å². The van der Waals surface area contributed by atoms with Crippen molar-refractivity contribution in [1.82, 2.24) is 10.2 Å². The fourth-order valence-corrected chi connectivity index (χ4v) is 4.39. The number of likely N-dealkylation sites (tertiary alicyclic amines) is 1. The Morgan fingerprint density at radius 2 is 1.92 bits per heavy atom. The van der Waals surface area contributed by atoms with E-state index in [1.807, 2.05) is 23.1 Å². The van der Waals surface area contributed by atoms with Crippen LogP contribution < -0.4 is 5.32 Å². The van der Waals surface area contributed by atoms with E-state index in [1.165, 1.54) is 24.8 Å². The molecule has 2 unspecified atom stereocenters. The van der Waals surface area contributed by atoms with Crippen LogP contribution in [-0.2, 0) is 9.59 Å². The van der Waals surface area contributed by atoms with Crippen LogP contribution in [0.1, 0.15) is 57.1 Å². The Morgan fingerprint density at radius 1 is 1.23 bits per heavy atom. The maximum atomic E-state index is 12.7. The summed E-state index contributed by atoms with van der Waals surface area (Å²) in [6, 6.07) is 10.3. The molecule has 1 aromatic rings. The van der Waals surface area contributed by atoms with Crippen LogP contribution in [-0.4, -0.2) is 41.5 Å². The summed E-state index contributed by atoms with van der Waals surface area (Å²) >= 11 is 0. The lowest BCUT2D eigenvalue weighted by atomic mass is 9.81. The van der Waals surface area contributed by atoms with Crippen LogP contribution in [0.15, 0.2) is 30.3 Å². The Kier molecular flexibility index (Phi) is 5.97. The molecule has 2 aliphatic rings. The predicted octanol–water partition coefficient (Wildman–Crippen LogP) is 3.22.